The average molecular weight is 326 g/mol. The molecule has 0 saturated heterocycles. The van der Waals surface area contributed by atoms with Crippen molar-refractivity contribution in [3.8, 4) is 0 Å². The maximum atomic E-state index is 12.7. The molecule has 3 heteroatoms. The Balaban J connectivity index is 2.21. The molecule has 0 aliphatic carbocycles. The molecule has 0 bridgehead atoms. The number of fused-ring (bicyclic) bond motifs is 1. The van der Waals surface area contributed by atoms with Crippen molar-refractivity contribution in [2.45, 2.75) is 0 Å². The van der Waals surface area contributed by atoms with Crippen LogP contribution >= 0.6 is 15.9 Å². The Hall–Kier alpha value is -2.13. The molecule has 20 heavy (non-hydrogen) atoms. The topological polar surface area (TPSA) is 43.1 Å². The van der Waals surface area contributed by atoms with Crippen molar-refractivity contribution in [3.05, 3.63) is 76.3 Å². The first-order chi connectivity index (χ1) is 9.68. The average Bonchev–Trinajstić information content (AvgIpc) is 2.49. The van der Waals surface area contributed by atoms with Crippen LogP contribution in [0.1, 0.15) is 15.9 Å². The predicted octanol–water partition coefficient (Wildman–Crippen LogP) is 4.42. The lowest BCUT2D eigenvalue weighted by molar-refractivity contribution is 0.103. The summed E-state index contributed by atoms with van der Waals surface area (Å²) in [5.74, 6) is -0.0269. The van der Waals surface area contributed by atoms with Crippen molar-refractivity contribution >= 4 is 38.2 Å². The molecule has 0 fully saturated rings. The van der Waals surface area contributed by atoms with Crippen LogP contribution in [0.5, 0.6) is 0 Å². The SMILES string of the molecule is Nc1cccc(C(=O)c2cccc3ccccc23)c1Br. The van der Waals surface area contributed by atoms with E-state index < -0.39 is 0 Å². The number of rotatable bonds is 2. The molecule has 3 aromatic carbocycles. The second-order valence-electron chi connectivity index (χ2n) is 4.56. The van der Waals surface area contributed by atoms with Gasteiger partial charge in [-0.25, -0.2) is 0 Å². The molecule has 0 aromatic heterocycles. The Morgan fingerprint density at radius 3 is 2.35 bits per heavy atom. The highest BCUT2D eigenvalue weighted by Gasteiger charge is 2.16. The van der Waals surface area contributed by atoms with Gasteiger partial charge >= 0.3 is 0 Å². The molecule has 0 unspecified atom stereocenters. The van der Waals surface area contributed by atoms with Crippen molar-refractivity contribution in [3.63, 3.8) is 0 Å². The van der Waals surface area contributed by atoms with Gasteiger partial charge in [0.25, 0.3) is 0 Å². The van der Waals surface area contributed by atoms with E-state index >= 15 is 0 Å². The van der Waals surface area contributed by atoms with Crippen LogP contribution in [0.2, 0.25) is 0 Å². The summed E-state index contributed by atoms with van der Waals surface area (Å²) in [6.07, 6.45) is 0. The fraction of sp³-hybridized carbons (Fsp3) is 0. The van der Waals surface area contributed by atoms with Crippen molar-refractivity contribution in [1.82, 2.24) is 0 Å². The Morgan fingerprint density at radius 2 is 1.50 bits per heavy atom. The Kier molecular flexibility index (Phi) is 3.28. The zero-order chi connectivity index (χ0) is 14.1. The minimum atomic E-state index is -0.0269. The number of carbonyl (C=O) groups excluding carboxylic acids is 1. The van der Waals surface area contributed by atoms with Crippen molar-refractivity contribution in [2.24, 2.45) is 0 Å². The Morgan fingerprint density at radius 1 is 0.850 bits per heavy atom. The number of anilines is 1. The molecule has 2 nitrogen and oxygen atoms in total. The van der Waals surface area contributed by atoms with Crippen LogP contribution < -0.4 is 5.73 Å². The molecule has 0 spiro atoms. The van der Waals surface area contributed by atoms with Gasteiger partial charge in [-0.1, -0.05) is 48.5 Å². The molecule has 0 aliphatic rings. The molecule has 0 atom stereocenters. The van der Waals surface area contributed by atoms with E-state index in [9.17, 15) is 4.79 Å². The number of halogens is 1. The molecule has 3 aromatic rings. The van der Waals surface area contributed by atoms with Crippen LogP contribution in [0, 0.1) is 0 Å². The minimum Gasteiger partial charge on any atom is -0.398 e. The fourth-order valence-electron chi connectivity index (χ4n) is 2.29. The van der Waals surface area contributed by atoms with E-state index in [-0.39, 0.29) is 5.78 Å². The molecular weight excluding hydrogens is 314 g/mol. The van der Waals surface area contributed by atoms with Gasteiger partial charge in [-0.15, -0.1) is 0 Å². The first-order valence-corrected chi connectivity index (χ1v) is 7.04. The first-order valence-electron chi connectivity index (χ1n) is 6.25. The van der Waals surface area contributed by atoms with E-state index in [0.717, 1.165) is 10.8 Å². The number of nitrogen functional groups attached to an aromatic ring is 1. The quantitative estimate of drug-likeness (QED) is 0.560. The zero-order valence-electron chi connectivity index (χ0n) is 10.6. The molecule has 98 valence electrons. The van der Waals surface area contributed by atoms with E-state index in [1.54, 1.807) is 18.2 Å². The first kappa shape index (κ1) is 12.9. The number of nitrogens with two attached hydrogens (primary N) is 1. The molecule has 3 rings (SSSR count). The summed E-state index contributed by atoms with van der Waals surface area (Å²) in [5.41, 5.74) is 7.69. The summed E-state index contributed by atoms with van der Waals surface area (Å²) in [4.78, 5) is 12.7. The highest BCUT2D eigenvalue weighted by atomic mass is 79.9. The molecular formula is C17H12BrNO. The van der Waals surface area contributed by atoms with E-state index in [0.29, 0.717) is 21.3 Å². The summed E-state index contributed by atoms with van der Waals surface area (Å²) < 4.78 is 0.651. The third-order valence-corrected chi connectivity index (χ3v) is 4.19. The second kappa shape index (κ2) is 5.10. The Bertz CT molecular complexity index is 806. The predicted molar refractivity (Wildman–Crippen MR) is 85.9 cm³/mol. The van der Waals surface area contributed by atoms with Gasteiger partial charge in [-0.3, -0.25) is 4.79 Å². The van der Waals surface area contributed by atoms with Gasteiger partial charge in [0.2, 0.25) is 0 Å². The summed E-state index contributed by atoms with van der Waals surface area (Å²) in [5, 5.41) is 2.01. The van der Waals surface area contributed by atoms with E-state index in [4.69, 9.17) is 5.73 Å². The lowest BCUT2D eigenvalue weighted by Crippen LogP contribution is -2.04. The normalized spacial score (nSPS) is 10.7. The van der Waals surface area contributed by atoms with Gasteiger partial charge in [0.1, 0.15) is 0 Å². The summed E-state index contributed by atoms with van der Waals surface area (Å²) in [6.45, 7) is 0. The van der Waals surface area contributed by atoms with Gasteiger partial charge in [-0.05, 0) is 38.8 Å². The molecule has 0 heterocycles. The van der Waals surface area contributed by atoms with E-state index in [1.807, 2.05) is 42.5 Å². The van der Waals surface area contributed by atoms with Crippen molar-refractivity contribution in [1.29, 1.82) is 0 Å². The van der Waals surface area contributed by atoms with Gasteiger partial charge < -0.3 is 5.73 Å². The standard InChI is InChI=1S/C17H12BrNO/c18-16-14(9-4-10-15(16)19)17(20)13-8-3-6-11-5-1-2-7-12(11)13/h1-10H,19H2. The van der Waals surface area contributed by atoms with Crippen LogP contribution in [0.25, 0.3) is 10.8 Å². The zero-order valence-corrected chi connectivity index (χ0v) is 12.2. The third kappa shape index (κ3) is 2.10. The summed E-state index contributed by atoms with van der Waals surface area (Å²) in [6, 6.07) is 19.0. The number of carbonyl (C=O) groups is 1. The van der Waals surface area contributed by atoms with Gasteiger partial charge in [0.15, 0.2) is 5.78 Å². The van der Waals surface area contributed by atoms with Gasteiger partial charge in [-0.2, -0.15) is 0 Å². The Labute approximate surface area is 125 Å². The number of benzene rings is 3. The highest BCUT2D eigenvalue weighted by molar-refractivity contribution is 9.10. The highest BCUT2D eigenvalue weighted by Crippen LogP contribution is 2.28. The molecule has 2 N–H and O–H groups in total. The molecule has 0 amide bonds. The molecule has 0 radical (unpaired) electrons. The van der Waals surface area contributed by atoms with Crippen LogP contribution in [0.3, 0.4) is 0 Å². The third-order valence-electron chi connectivity index (χ3n) is 3.31. The lowest BCUT2D eigenvalue weighted by Gasteiger charge is -2.08. The number of ketones is 1. The summed E-state index contributed by atoms with van der Waals surface area (Å²) in [7, 11) is 0. The summed E-state index contributed by atoms with van der Waals surface area (Å²) >= 11 is 3.40. The molecule has 0 aliphatic heterocycles. The lowest BCUT2D eigenvalue weighted by atomic mass is 9.97. The van der Waals surface area contributed by atoms with Crippen LogP contribution in [-0.4, -0.2) is 5.78 Å². The van der Waals surface area contributed by atoms with E-state index in [1.165, 1.54) is 0 Å². The maximum Gasteiger partial charge on any atom is 0.194 e. The van der Waals surface area contributed by atoms with Crippen molar-refractivity contribution in [2.75, 3.05) is 5.73 Å². The fourth-order valence-corrected chi connectivity index (χ4v) is 2.74. The van der Waals surface area contributed by atoms with Gasteiger partial charge in [0.05, 0.1) is 4.47 Å². The second-order valence-corrected chi connectivity index (χ2v) is 5.36. The van der Waals surface area contributed by atoms with Crippen molar-refractivity contribution < 1.29 is 4.79 Å². The number of hydrogen-bond acceptors (Lipinski definition) is 2. The van der Waals surface area contributed by atoms with E-state index in [2.05, 4.69) is 15.9 Å². The largest absolute Gasteiger partial charge is 0.398 e. The monoisotopic (exact) mass is 325 g/mol. The number of hydrogen-bond donors (Lipinski definition) is 1. The van der Waals surface area contributed by atoms with Gasteiger partial charge in [0, 0.05) is 16.8 Å². The smallest absolute Gasteiger partial charge is 0.194 e. The maximum absolute atomic E-state index is 12.7. The minimum absolute atomic E-state index is 0.0269. The molecule has 0 saturated carbocycles. The van der Waals surface area contributed by atoms with Crippen LogP contribution in [-0.2, 0) is 0 Å². The van der Waals surface area contributed by atoms with Crippen LogP contribution in [0.4, 0.5) is 5.69 Å². The van der Waals surface area contributed by atoms with Crippen LogP contribution in [0.15, 0.2) is 65.1 Å².